The molecule has 6 heteroatoms. The molecule has 37 heavy (non-hydrogen) atoms. The van der Waals surface area contributed by atoms with Crippen LogP contribution in [-0.2, 0) is 18.4 Å². The summed E-state index contributed by atoms with van der Waals surface area (Å²) in [5.74, 6) is 5.05. The van der Waals surface area contributed by atoms with E-state index >= 15 is 0 Å². The van der Waals surface area contributed by atoms with Gasteiger partial charge in [0, 0.05) is 18.4 Å². The number of methoxy groups -OCH3 is 1. The summed E-state index contributed by atoms with van der Waals surface area (Å²) in [5.41, 5.74) is 0.687. The second-order valence-corrected chi connectivity index (χ2v) is 24.5. The molecule has 9 atom stereocenters. The topological polar surface area (TPSA) is 44.8 Å². The summed E-state index contributed by atoms with van der Waals surface area (Å²) >= 11 is 0. The fourth-order valence-electron chi connectivity index (χ4n) is 9.32. The molecular formula is C31H56O4Si2. The van der Waals surface area contributed by atoms with Crippen LogP contribution in [0, 0.1) is 46.3 Å². The van der Waals surface area contributed by atoms with Gasteiger partial charge in [0.05, 0.1) is 12.9 Å². The minimum absolute atomic E-state index is 0.0658. The SMILES string of the molecule is COC(=O)CC[C@@H](C)C1CCC2C3C(O[Si](C)(C)C)=CC4CC(O[Si](C)(C)C)CCC4(C)C3CC[C@@]21C. The third-order valence-electron chi connectivity index (χ3n) is 10.9. The van der Waals surface area contributed by atoms with E-state index in [2.05, 4.69) is 66.1 Å². The van der Waals surface area contributed by atoms with E-state index in [4.69, 9.17) is 13.6 Å². The lowest BCUT2D eigenvalue weighted by atomic mass is 9.46. The monoisotopic (exact) mass is 548 g/mol. The summed E-state index contributed by atoms with van der Waals surface area (Å²) in [6.45, 7) is 21.7. The van der Waals surface area contributed by atoms with Crippen molar-refractivity contribution in [2.24, 2.45) is 46.3 Å². The van der Waals surface area contributed by atoms with Crippen molar-refractivity contribution in [2.75, 3.05) is 7.11 Å². The fourth-order valence-corrected chi connectivity index (χ4v) is 11.4. The van der Waals surface area contributed by atoms with E-state index in [1.165, 1.54) is 51.4 Å². The number of carbonyl (C=O) groups excluding carboxylic acids is 1. The number of carbonyl (C=O) groups is 1. The van der Waals surface area contributed by atoms with Crippen LogP contribution in [-0.4, -0.2) is 35.8 Å². The third kappa shape index (κ3) is 5.96. The average Bonchev–Trinajstić information content (AvgIpc) is 3.13. The summed E-state index contributed by atoms with van der Waals surface area (Å²) in [6.07, 6.45) is 13.4. The van der Waals surface area contributed by atoms with E-state index in [1.54, 1.807) is 0 Å². The van der Waals surface area contributed by atoms with E-state index in [1.807, 2.05) is 0 Å². The number of rotatable bonds is 8. The normalized spacial score (nSPS) is 40.6. The van der Waals surface area contributed by atoms with Crippen LogP contribution in [0.2, 0.25) is 39.3 Å². The van der Waals surface area contributed by atoms with Gasteiger partial charge in [-0.1, -0.05) is 20.8 Å². The van der Waals surface area contributed by atoms with Crippen molar-refractivity contribution in [3.05, 3.63) is 11.8 Å². The summed E-state index contributed by atoms with van der Waals surface area (Å²) in [6, 6.07) is 0. The van der Waals surface area contributed by atoms with Crippen molar-refractivity contribution in [1.29, 1.82) is 0 Å². The molecule has 0 saturated heterocycles. The Bertz CT molecular complexity index is 873. The van der Waals surface area contributed by atoms with Crippen molar-refractivity contribution >= 4 is 22.6 Å². The second-order valence-electron chi connectivity index (χ2n) is 15.6. The first kappa shape index (κ1) is 29.4. The molecular weight excluding hydrogens is 493 g/mol. The molecule has 0 heterocycles. The molecule has 3 fully saturated rings. The minimum atomic E-state index is -1.74. The maximum Gasteiger partial charge on any atom is 0.305 e. The van der Waals surface area contributed by atoms with Crippen LogP contribution in [0.1, 0.15) is 78.6 Å². The Labute approximate surface area is 229 Å². The Morgan fingerprint density at radius 3 is 2.24 bits per heavy atom. The highest BCUT2D eigenvalue weighted by Gasteiger charge is 2.62. The second kappa shape index (κ2) is 10.4. The molecule has 0 aliphatic heterocycles. The number of fused-ring (bicyclic) bond motifs is 5. The molecule has 0 bridgehead atoms. The zero-order valence-electron chi connectivity index (χ0n) is 25.6. The lowest BCUT2D eigenvalue weighted by molar-refractivity contribution is -0.141. The summed E-state index contributed by atoms with van der Waals surface area (Å²) < 4.78 is 18.6. The van der Waals surface area contributed by atoms with Crippen LogP contribution in [0.3, 0.4) is 0 Å². The average molecular weight is 549 g/mol. The van der Waals surface area contributed by atoms with Crippen molar-refractivity contribution in [3.8, 4) is 0 Å². The van der Waals surface area contributed by atoms with E-state index in [9.17, 15) is 4.79 Å². The molecule has 0 N–H and O–H groups in total. The molecule has 4 rings (SSSR count). The van der Waals surface area contributed by atoms with Gasteiger partial charge in [-0.3, -0.25) is 4.79 Å². The maximum atomic E-state index is 11.9. The molecule has 0 radical (unpaired) electrons. The molecule has 0 spiro atoms. The predicted molar refractivity (Wildman–Crippen MR) is 157 cm³/mol. The highest BCUT2D eigenvalue weighted by atomic mass is 28.4. The molecule has 0 aromatic rings. The quantitative estimate of drug-likeness (QED) is 0.226. The van der Waals surface area contributed by atoms with Gasteiger partial charge < -0.3 is 13.6 Å². The molecule has 0 aromatic carbocycles. The van der Waals surface area contributed by atoms with E-state index in [0.29, 0.717) is 58.9 Å². The molecule has 7 unspecified atom stereocenters. The third-order valence-corrected chi connectivity index (χ3v) is 12.8. The van der Waals surface area contributed by atoms with Gasteiger partial charge in [-0.2, -0.15) is 0 Å². The van der Waals surface area contributed by atoms with Crippen molar-refractivity contribution < 1.29 is 18.4 Å². The van der Waals surface area contributed by atoms with Gasteiger partial charge in [0.25, 0.3) is 0 Å². The van der Waals surface area contributed by atoms with Crippen molar-refractivity contribution in [3.63, 3.8) is 0 Å². The molecule has 4 aliphatic rings. The molecule has 212 valence electrons. The number of ether oxygens (including phenoxy) is 1. The predicted octanol–water partition coefficient (Wildman–Crippen LogP) is 8.41. The number of allylic oxidation sites excluding steroid dienone is 2. The highest BCUT2D eigenvalue weighted by Crippen LogP contribution is 2.68. The molecule has 3 saturated carbocycles. The van der Waals surface area contributed by atoms with Gasteiger partial charge >= 0.3 is 5.97 Å². The fraction of sp³-hybridized carbons (Fsp3) is 0.903. The van der Waals surface area contributed by atoms with Gasteiger partial charge in [-0.05, 0) is 137 Å². The minimum Gasteiger partial charge on any atom is -0.547 e. The summed E-state index contributed by atoms with van der Waals surface area (Å²) in [7, 11) is -1.78. The molecule has 4 aliphatic carbocycles. The van der Waals surface area contributed by atoms with E-state index < -0.39 is 16.6 Å². The first-order valence-corrected chi connectivity index (χ1v) is 22.0. The lowest BCUT2D eigenvalue weighted by Gasteiger charge is -2.60. The number of hydrogen-bond donors (Lipinski definition) is 0. The largest absolute Gasteiger partial charge is 0.547 e. The van der Waals surface area contributed by atoms with Gasteiger partial charge in [-0.15, -0.1) is 0 Å². The Morgan fingerprint density at radius 1 is 0.973 bits per heavy atom. The number of hydrogen-bond acceptors (Lipinski definition) is 4. The summed E-state index contributed by atoms with van der Waals surface area (Å²) in [4.78, 5) is 11.9. The zero-order chi connectivity index (χ0) is 27.4. The van der Waals surface area contributed by atoms with E-state index in [0.717, 1.165) is 12.8 Å². The summed E-state index contributed by atoms with van der Waals surface area (Å²) in [5, 5.41) is 0. The van der Waals surface area contributed by atoms with Crippen LogP contribution >= 0.6 is 0 Å². The highest BCUT2D eigenvalue weighted by molar-refractivity contribution is 6.70. The Kier molecular flexibility index (Phi) is 8.28. The zero-order valence-corrected chi connectivity index (χ0v) is 27.6. The standard InChI is InChI=1S/C31H56O4Si2/c1-21(11-14-28(32)33-4)24-12-13-25-29-26(16-18-31(24,25)3)30(2)17-15-23(34-36(5,6)7)19-22(30)20-27(29)35-37(8,9)10/h20-26,29H,11-19H2,1-10H3/t21-,22?,23?,24?,25?,26?,29?,30?,31-/m1/s1. The molecule has 4 nitrogen and oxygen atoms in total. The first-order valence-electron chi connectivity index (χ1n) is 15.2. The van der Waals surface area contributed by atoms with Gasteiger partial charge in [0.2, 0.25) is 8.32 Å². The van der Waals surface area contributed by atoms with E-state index in [-0.39, 0.29) is 5.97 Å². The molecule has 0 aromatic heterocycles. The van der Waals surface area contributed by atoms with Crippen LogP contribution in [0.25, 0.3) is 0 Å². The van der Waals surface area contributed by atoms with Gasteiger partial charge in [-0.25, -0.2) is 0 Å². The Hall–Kier alpha value is -0.596. The van der Waals surface area contributed by atoms with Crippen LogP contribution < -0.4 is 0 Å². The smallest absolute Gasteiger partial charge is 0.305 e. The number of esters is 1. The van der Waals surface area contributed by atoms with Crippen molar-refractivity contribution in [1.82, 2.24) is 0 Å². The lowest BCUT2D eigenvalue weighted by Crippen LogP contribution is -2.55. The van der Waals surface area contributed by atoms with Gasteiger partial charge in [0.15, 0.2) is 8.32 Å². The van der Waals surface area contributed by atoms with Crippen LogP contribution in [0.4, 0.5) is 0 Å². The maximum absolute atomic E-state index is 11.9. The Morgan fingerprint density at radius 2 is 1.62 bits per heavy atom. The Balaban J connectivity index is 1.63. The molecule has 0 amide bonds. The van der Waals surface area contributed by atoms with Crippen LogP contribution in [0.5, 0.6) is 0 Å². The van der Waals surface area contributed by atoms with Crippen molar-refractivity contribution in [2.45, 2.75) is 124 Å². The van der Waals surface area contributed by atoms with Gasteiger partial charge in [0.1, 0.15) is 0 Å². The van der Waals surface area contributed by atoms with Crippen LogP contribution in [0.15, 0.2) is 11.8 Å². The first-order chi connectivity index (χ1) is 17.1.